The molecule has 36 heavy (non-hydrogen) atoms. The second-order valence-electron chi connectivity index (χ2n) is 8.77. The van der Waals surface area contributed by atoms with Gasteiger partial charge in [0, 0.05) is 37.3 Å². The molecule has 0 aliphatic heterocycles. The molecule has 184 valence electrons. The van der Waals surface area contributed by atoms with Crippen molar-refractivity contribution >= 4 is 0 Å². The van der Waals surface area contributed by atoms with E-state index in [1.54, 1.807) is 0 Å². The zero-order chi connectivity index (χ0) is 24.7. The Bertz CT molecular complexity index is 1360. The molecule has 2 aromatic carbocycles. The molecule has 0 N–H and O–H groups in total. The van der Waals surface area contributed by atoms with Crippen molar-refractivity contribution in [2.45, 2.75) is 45.6 Å². The molecule has 0 fully saturated rings. The van der Waals surface area contributed by atoms with Crippen LogP contribution in [0.4, 0.5) is 0 Å². The molecule has 5 rings (SSSR count). The van der Waals surface area contributed by atoms with Gasteiger partial charge in [-0.25, -0.2) is 4.98 Å². The van der Waals surface area contributed by atoms with Crippen molar-refractivity contribution in [3.8, 4) is 17.2 Å². The fourth-order valence-corrected chi connectivity index (χ4v) is 4.18. The van der Waals surface area contributed by atoms with Crippen LogP contribution in [0.25, 0.3) is 11.5 Å². The summed E-state index contributed by atoms with van der Waals surface area (Å²) in [5.74, 6) is 3.55. The maximum atomic E-state index is 6.02. The second kappa shape index (κ2) is 11.1. The molecule has 1 atom stereocenters. The molecule has 1 unspecified atom stereocenters. The van der Waals surface area contributed by atoms with Crippen LogP contribution in [0.2, 0.25) is 0 Å². The quantitative estimate of drug-likeness (QED) is 0.222. The first-order valence-electron chi connectivity index (χ1n) is 12.4. The Morgan fingerprint density at radius 1 is 0.889 bits per heavy atom. The fourth-order valence-electron chi connectivity index (χ4n) is 4.18. The van der Waals surface area contributed by atoms with Gasteiger partial charge in [0.1, 0.15) is 11.5 Å². The normalized spacial score (nSPS) is 12.1. The lowest BCUT2D eigenvalue weighted by atomic mass is 9.98. The molecule has 3 aromatic heterocycles. The van der Waals surface area contributed by atoms with Gasteiger partial charge in [0.05, 0.1) is 18.2 Å². The van der Waals surface area contributed by atoms with Gasteiger partial charge in [-0.05, 0) is 55.3 Å². The van der Waals surface area contributed by atoms with E-state index < -0.39 is 0 Å². The Morgan fingerprint density at radius 2 is 1.67 bits per heavy atom. The van der Waals surface area contributed by atoms with Gasteiger partial charge in [-0.2, -0.15) is 0 Å². The van der Waals surface area contributed by atoms with Gasteiger partial charge in [-0.1, -0.05) is 37.3 Å². The SMILES string of the molecule is CCCc1nnc(C(Cn2cccc2)c2ccc(OCCc3nc(-c4ccccc4)oc3C)cc2)o1. The average Bonchev–Trinajstić information content (AvgIpc) is 3.66. The Morgan fingerprint density at radius 3 is 2.42 bits per heavy atom. The van der Waals surface area contributed by atoms with Crippen molar-refractivity contribution in [1.29, 1.82) is 0 Å². The van der Waals surface area contributed by atoms with Crippen LogP contribution in [0.15, 0.2) is 88.0 Å². The number of rotatable bonds is 11. The van der Waals surface area contributed by atoms with E-state index >= 15 is 0 Å². The van der Waals surface area contributed by atoms with Crippen molar-refractivity contribution in [3.05, 3.63) is 108 Å². The van der Waals surface area contributed by atoms with Crippen molar-refractivity contribution in [3.63, 3.8) is 0 Å². The predicted octanol–water partition coefficient (Wildman–Crippen LogP) is 6.24. The molecule has 7 nitrogen and oxygen atoms in total. The third kappa shape index (κ3) is 5.57. The first-order valence-corrected chi connectivity index (χ1v) is 12.4. The van der Waals surface area contributed by atoms with Gasteiger partial charge < -0.3 is 18.1 Å². The minimum atomic E-state index is -0.0428. The van der Waals surface area contributed by atoms with Gasteiger partial charge in [0.2, 0.25) is 17.7 Å². The molecular weight excluding hydrogens is 452 g/mol. The lowest BCUT2D eigenvalue weighted by Crippen LogP contribution is -2.10. The number of benzene rings is 2. The Labute approximate surface area is 210 Å². The van der Waals surface area contributed by atoms with E-state index in [-0.39, 0.29) is 5.92 Å². The van der Waals surface area contributed by atoms with Gasteiger partial charge in [-0.15, -0.1) is 10.2 Å². The van der Waals surface area contributed by atoms with Crippen LogP contribution < -0.4 is 4.74 Å². The van der Waals surface area contributed by atoms with Crippen LogP contribution >= 0.6 is 0 Å². The molecule has 5 aromatic rings. The number of aryl methyl sites for hydroxylation is 2. The van der Waals surface area contributed by atoms with Crippen LogP contribution in [-0.4, -0.2) is 26.4 Å². The minimum absolute atomic E-state index is 0.0428. The first-order chi connectivity index (χ1) is 17.7. The molecule has 0 amide bonds. The number of hydrogen-bond donors (Lipinski definition) is 0. The zero-order valence-electron chi connectivity index (χ0n) is 20.6. The van der Waals surface area contributed by atoms with E-state index in [2.05, 4.69) is 38.8 Å². The summed E-state index contributed by atoms with van der Waals surface area (Å²) in [6.07, 6.45) is 6.51. The smallest absolute Gasteiger partial charge is 0.226 e. The lowest BCUT2D eigenvalue weighted by Gasteiger charge is -2.15. The molecule has 0 bridgehead atoms. The highest BCUT2D eigenvalue weighted by molar-refractivity contribution is 5.53. The van der Waals surface area contributed by atoms with E-state index in [9.17, 15) is 0 Å². The highest BCUT2D eigenvalue weighted by Gasteiger charge is 2.21. The molecule has 0 radical (unpaired) electrons. The molecule has 0 aliphatic carbocycles. The lowest BCUT2D eigenvalue weighted by molar-refractivity contribution is 0.319. The topological polar surface area (TPSA) is 79.1 Å². The molecule has 0 spiro atoms. The summed E-state index contributed by atoms with van der Waals surface area (Å²) in [5.41, 5.74) is 2.99. The van der Waals surface area contributed by atoms with Gasteiger partial charge in [0.15, 0.2) is 0 Å². The maximum Gasteiger partial charge on any atom is 0.226 e. The number of hydrogen-bond acceptors (Lipinski definition) is 6. The highest BCUT2D eigenvalue weighted by atomic mass is 16.5. The summed E-state index contributed by atoms with van der Waals surface area (Å²) in [6, 6.07) is 22.1. The van der Waals surface area contributed by atoms with Crippen LogP contribution in [0, 0.1) is 6.92 Å². The van der Waals surface area contributed by atoms with Crippen molar-refractivity contribution in [2.24, 2.45) is 0 Å². The first kappa shape index (κ1) is 23.6. The minimum Gasteiger partial charge on any atom is -0.493 e. The molecular formula is C29H30N4O3. The molecule has 7 heteroatoms. The standard InChI is InChI=1S/C29H30N4O3/c1-3-9-27-31-32-29(36-27)25(20-33-17-7-8-18-33)22-12-14-24(15-13-22)34-19-16-26-21(2)35-28(30-26)23-10-5-4-6-11-23/h4-8,10-15,17-18,25H,3,9,16,19-20H2,1-2H3. The van der Waals surface area contributed by atoms with Gasteiger partial charge >= 0.3 is 0 Å². The number of nitrogens with zero attached hydrogens (tertiary/aromatic N) is 4. The third-order valence-corrected chi connectivity index (χ3v) is 6.11. The maximum absolute atomic E-state index is 6.02. The van der Waals surface area contributed by atoms with E-state index in [0.29, 0.717) is 30.7 Å². The van der Waals surface area contributed by atoms with E-state index in [4.69, 9.17) is 13.6 Å². The summed E-state index contributed by atoms with van der Waals surface area (Å²) in [7, 11) is 0. The molecule has 0 saturated heterocycles. The number of oxazole rings is 1. The van der Waals surface area contributed by atoms with Crippen molar-refractivity contribution in [2.75, 3.05) is 6.61 Å². The molecule has 3 heterocycles. The summed E-state index contributed by atoms with van der Waals surface area (Å²) >= 11 is 0. The van der Waals surface area contributed by atoms with Crippen LogP contribution in [-0.2, 0) is 19.4 Å². The second-order valence-corrected chi connectivity index (χ2v) is 8.77. The summed E-state index contributed by atoms with van der Waals surface area (Å²) in [6.45, 7) is 5.28. The fraction of sp³-hybridized carbons (Fsp3) is 0.276. The largest absolute Gasteiger partial charge is 0.493 e. The number of aromatic nitrogens is 4. The van der Waals surface area contributed by atoms with Gasteiger partial charge in [0.25, 0.3) is 0 Å². The van der Waals surface area contributed by atoms with E-state index in [1.807, 2.05) is 73.9 Å². The molecule has 0 saturated carbocycles. The Kier molecular flexibility index (Phi) is 7.26. The summed E-state index contributed by atoms with van der Waals surface area (Å²) in [4.78, 5) is 4.66. The third-order valence-electron chi connectivity index (χ3n) is 6.11. The number of ether oxygens (including phenoxy) is 1. The van der Waals surface area contributed by atoms with Crippen molar-refractivity contribution < 1.29 is 13.6 Å². The highest BCUT2D eigenvalue weighted by Crippen LogP contribution is 2.28. The van der Waals surface area contributed by atoms with Gasteiger partial charge in [-0.3, -0.25) is 0 Å². The average molecular weight is 483 g/mol. The summed E-state index contributed by atoms with van der Waals surface area (Å²) in [5, 5.41) is 8.59. The molecule has 0 aliphatic rings. The summed E-state index contributed by atoms with van der Waals surface area (Å²) < 4.78 is 20.0. The van der Waals surface area contributed by atoms with Crippen molar-refractivity contribution in [1.82, 2.24) is 19.7 Å². The predicted molar refractivity (Wildman–Crippen MR) is 137 cm³/mol. The van der Waals surface area contributed by atoms with Crippen LogP contribution in [0.3, 0.4) is 0 Å². The monoisotopic (exact) mass is 482 g/mol. The van der Waals surface area contributed by atoms with E-state index in [0.717, 1.165) is 47.7 Å². The Balaban J connectivity index is 1.24. The van der Waals surface area contributed by atoms with Crippen LogP contribution in [0.1, 0.15) is 48.1 Å². The zero-order valence-corrected chi connectivity index (χ0v) is 20.6. The van der Waals surface area contributed by atoms with Crippen LogP contribution in [0.5, 0.6) is 5.75 Å². The van der Waals surface area contributed by atoms with E-state index in [1.165, 1.54) is 0 Å². The Hall–Kier alpha value is -4.13.